The molecule has 1 heterocycles. The molecule has 4 nitrogen and oxygen atoms in total. The van der Waals surface area contributed by atoms with Crippen molar-refractivity contribution in [1.29, 1.82) is 0 Å². The number of esters is 1. The van der Waals surface area contributed by atoms with Gasteiger partial charge in [-0.1, -0.05) is 19.1 Å². The maximum atomic E-state index is 11.4. The van der Waals surface area contributed by atoms with E-state index in [1.807, 2.05) is 24.3 Å². The fourth-order valence-electron chi connectivity index (χ4n) is 1.69. The fourth-order valence-corrected chi connectivity index (χ4v) is 1.69. The number of nitrogens with zero attached hydrogens (tertiary/aromatic N) is 1. The summed E-state index contributed by atoms with van der Waals surface area (Å²) >= 11 is 0. The number of carbonyl (C=O) groups is 1. The number of benzene rings is 1. The molecule has 0 N–H and O–H groups in total. The molecule has 0 radical (unpaired) electrons. The standard InChI is InChI=1S/C14H15NO3/c1-4-10-5-7-11(8-6-10)13-15-12(9(2)18-13)14(16)17-3/h5-8H,4H2,1-3H3. The Morgan fingerprint density at radius 2 is 2.00 bits per heavy atom. The minimum atomic E-state index is -0.479. The van der Waals surface area contributed by atoms with Gasteiger partial charge in [-0.2, -0.15) is 0 Å². The van der Waals surface area contributed by atoms with Crippen molar-refractivity contribution in [2.75, 3.05) is 7.11 Å². The number of rotatable bonds is 3. The molecular weight excluding hydrogens is 230 g/mol. The third-order valence-corrected chi connectivity index (χ3v) is 2.78. The molecule has 1 aromatic heterocycles. The van der Waals surface area contributed by atoms with Crippen LogP contribution in [0.15, 0.2) is 28.7 Å². The first-order valence-electron chi connectivity index (χ1n) is 5.80. The van der Waals surface area contributed by atoms with Gasteiger partial charge in [-0.15, -0.1) is 0 Å². The smallest absolute Gasteiger partial charge is 0.360 e. The highest BCUT2D eigenvalue weighted by Crippen LogP contribution is 2.22. The Morgan fingerprint density at radius 1 is 1.33 bits per heavy atom. The van der Waals surface area contributed by atoms with Crippen LogP contribution in [0, 0.1) is 6.92 Å². The molecule has 2 aromatic rings. The lowest BCUT2D eigenvalue weighted by atomic mass is 10.1. The first-order chi connectivity index (χ1) is 8.65. The molecule has 0 spiro atoms. The minimum Gasteiger partial charge on any atom is -0.464 e. The van der Waals surface area contributed by atoms with E-state index in [1.165, 1.54) is 12.7 Å². The lowest BCUT2D eigenvalue weighted by molar-refractivity contribution is 0.0593. The molecule has 4 heteroatoms. The van der Waals surface area contributed by atoms with Crippen molar-refractivity contribution in [2.24, 2.45) is 0 Å². The van der Waals surface area contributed by atoms with Crippen molar-refractivity contribution in [2.45, 2.75) is 20.3 Å². The first kappa shape index (κ1) is 12.4. The van der Waals surface area contributed by atoms with Gasteiger partial charge in [0.15, 0.2) is 5.69 Å². The number of hydrogen-bond acceptors (Lipinski definition) is 4. The van der Waals surface area contributed by atoms with E-state index in [-0.39, 0.29) is 5.69 Å². The van der Waals surface area contributed by atoms with Crippen LogP contribution >= 0.6 is 0 Å². The number of ether oxygens (including phenoxy) is 1. The van der Waals surface area contributed by atoms with E-state index >= 15 is 0 Å². The summed E-state index contributed by atoms with van der Waals surface area (Å²) in [4.78, 5) is 15.6. The van der Waals surface area contributed by atoms with Crippen LogP contribution in [0.4, 0.5) is 0 Å². The summed E-state index contributed by atoms with van der Waals surface area (Å²) in [5.74, 6) is 0.430. The predicted octanol–water partition coefficient (Wildman–Crippen LogP) is 3.00. The van der Waals surface area contributed by atoms with Crippen molar-refractivity contribution in [3.8, 4) is 11.5 Å². The Labute approximate surface area is 106 Å². The monoisotopic (exact) mass is 245 g/mol. The zero-order chi connectivity index (χ0) is 13.1. The number of aryl methyl sites for hydroxylation is 2. The van der Waals surface area contributed by atoms with Crippen LogP contribution in [0.5, 0.6) is 0 Å². The maximum Gasteiger partial charge on any atom is 0.360 e. The number of hydrogen-bond donors (Lipinski definition) is 0. The highest BCUT2D eigenvalue weighted by atomic mass is 16.5. The third kappa shape index (κ3) is 2.27. The molecule has 0 aliphatic rings. The molecule has 0 aliphatic heterocycles. The summed E-state index contributed by atoms with van der Waals surface area (Å²) in [7, 11) is 1.33. The van der Waals surface area contributed by atoms with E-state index < -0.39 is 5.97 Å². The van der Waals surface area contributed by atoms with E-state index in [9.17, 15) is 4.79 Å². The molecule has 0 fully saturated rings. The van der Waals surface area contributed by atoms with Crippen LogP contribution < -0.4 is 0 Å². The van der Waals surface area contributed by atoms with E-state index in [4.69, 9.17) is 4.42 Å². The second-order valence-corrected chi connectivity index (χ2v) is 3.97. The molecule has 0 amide bonds. The fraction of sp³-hybridized carbons (Fsp3) is 0.286. The molecule has 1 aromatic carbocycles. The van der Waals surface area contributed by atoms with Crippen molar-refractivity contribution in [3.63, 3.8) is 0 Å². The molecule has 0 saturated heterocycles. The Bertz CT molecular complexity index is 555. The quantitative estimate of drug-likeness (QED) is 0.780. The zero-order valence-corrected chi connectivity index (χ0v) is 10.7. The molecule has 94 valence electrons. The molecule has 2 rings (SSSR count). The van der Waals surface area contributed by atoms with E-state index in [0.717, 1.165) is 12.0 Å². The summed E-state index contributed by atoms with van der Waals surface area (Å²) in [6.45, 7) is 3.79. The van der Waals surface area contributed by atoms with Crippen LogP contribution in [-0.2, 0) is 11.2 Å². The lowest BCUT2D eigenvalue weighted by Crippen LogP contribution is -2.03. The Morgan fingerprint density at radius 3 is 2.56 bits per heavy atom. The van der Waals surface area contributed by atoms with Crippen molar-refractivity contribution in [1.82, 2.24) is 4.98 Å². The maximum absolute atomic E-state index is 11.4. The SMILES string of the molecule is CCc1ccc(-c2nc(C(=O)OC)c(C)o2)cc1. The normalized spacial score (nSPS) is 10.4. The molecule has 18 heavy (non-hydrogen) atoms. The molecule has 0 saturated carbocycles. The highest BCUT2D eigenvalue weighted by molar-refractivity contribution is 5.88. The van der Waals surface area contributed by atoms with Crippen LogP contribution in [-0.4, -0.2) is 18.1 Å². The van der Waals surface area contributed by atoms with Crippen molar-refractivity contribution in [3.05, 3.63) is 41.3 Å². The summed E-state index contributed by atoms with van der Waals surface area (Å²) < 4.78 is 10.1. The zero-order valence-electron chi connectivity index (χ0n) is 10.7. The Balaban J connectivity index is 2.36. The summed E-state index contributed by atoms with van der Waals surface area (Å²) in [6.07, 6.45) is 0.984. The molecule has 0 unspecified atom stereocenters. The average molecular weight is 245 g/mol. The van der Waals surface area contributed by atoms with Gasteiger partial charge in [-0.3, -0.25) is 0 Å². The second kappa shape index (κ2) is 5.04. The van der Waals surface area contributed by atoms with E-state index in [1.54, 1.807) is 6.92 Å². The number of aromatic nitrogens is 1. The highest BCUT2D eigenvalue weighted by Gasteiger charge is 2.18. The van der Waals surface area contributed by atoms with Gasteiger partial charge in [0.25, 0.3) is 0 Å². The number of carbonyl (C=O) groups excluding carboxylic acids is 1. The van der Waals surface area contributed by atoms with Gasteiger partial charge in [-0.25, -0.2) is 9.78 Å². The van der Waals surface area contributed by atoms with Gasteiger partial charge in [0, 0.05) is 5.56 Å². The summed E-state index contributed by atoms with van der Waals surface area (Å²) in [6, 6.07) is 7.91. The van der Waals surface area contributed by atoms with Gasteiger partial charge in [0.05, 0.1) is 7.11 Å². The summed E-state index contributed by atoms with van der Waals surface area (Å²) in [5.41, 5.74) is 2.33. The Hall–Kier alpha value is -2.10. The largest absolute Gasteiger partial charge is 0.464 e. The van der Waals surface area contributed by atoms with Gasteiger partial charge >= 0.3 is 5.97 Å². The average Bonchev–Trinajstić information content (AvgIpc) is 2.80. The Kier molecular flexibility index (Phi) is 3.46. The number of methoxy groups -OCH3 is 1. The molecule has 0 aliphatic carbocycles. The van der Waals surface area contributed by atoms with Crippen molar-refractivity contribution >= 4 is 5.97 Å². The topological polar surface area (TPSA) is 52.3 Å². The molecule has 0 atom stereocenters. The summed E-state index contributed by atoms with van der Waals surface area (Å²) in [5, 5.41) is 0. The van der Waals surface area contributed by atoms with Gasteiger partial charge in [0.1, 0.15) is 5.76 Å². The minimum absolute atomic E-state index is 0.229. The van der Waals surface area contributed by atoms with E-state index in [2.05, 4.69) is 16.6 Å². The number of oxazole rings is 1. The van der Waals surface area contributed by atoms with Gasteiger partial charge in [0.2, 0.25) is 5.89 Å². The molecular formula is C14H15NO3. The first-order valence-corrected chi connectivity index (χ1v) is 5.80. The predicted molar refractivity (Wildman–Crippen MR) is 67.4 cm³/mol. The third-order valence-electron chi connectivity index (χ3n) is 2.78. The van der Waals surface area contributed by atoms with Crippen LogP contribution in [0.25, 0.3) is 11.5 Å². The van der Waals surface area contributed by atoms with Gasteiger partial charge in [-0.05, 0) is 31.0 Å². The second-order valence-electron chi connectivity index (χ2n) is 3.97. The molecule has 0 bridgehead atoms. The van der Waals surface area contributed by atoms with Crippen LogP contribution in [0.3, 0.4) is 0 Å². The van der Waals surface area contributed by atoms with Crippen molar-refractivity contribution < 1.29 is 13.9 Å². The van der Waals surface area contributed by atoms with E-state index in [0.29, 0.717) is 11.7 Å². The van der Waals surface area contributed by atoms with Gasteiger partial charge < -0.3 is 9.15 Å². The lowest BCUT2D eigenvalue weighted by Gasteiger charge is -1.97. The van der Waals surface area contributed by atoms with Crippen LogP contribution in [0.2, 0.25) is 0 Å². The van der Waals surface area contributed by atoms with Crippen LogP contribution in [0.1, 0.15) is 28.7 Å².